The van der Waals surface area contributed by atoms with Gasteiger partial charge in [0.1, 0.15) is 29.1 Å². The number of esters is 1. The summed E-state index contributed by atoms with van der Waals surface area (Å²) in [5.74, 6) is 3.14. The minimum absolute atomic E-state index is 0.101. The quantitative estimate of drug-likeness (QED) is 0.431. The summed E-state index contributed by atoms with van der Waals surface area (Å²) in [6.07, 6.45) is 4.68. The molecule has 33 heavy (non-hydrogen) atoms. The minimum Gasteiger partial charge on any atom is -0.464 e. The number of allylic oxidation sites excluding steroid dienone is 1. The molecule has 0 amide bonds. The van der Waals surface area contributed by atoms with Crippen molar-refractivity contribution in [3.63, 3.8) is 0 Å². The van der Waals surface area contributed by atoms with Crippen molar-refractivity contribution in [2.24, 2.45) is 11.0 Å². The monoisotopic (exact) mass is 451 g/mol. The fraction of sp³-hybridized carbons (Fsp3) is 0.462. The van der Waals surface area contributed by atoms with Crippen LogP contribution in [0.4, 0.5) is 0 Å². The van der Waals surface area contributed by atoms with Crippen LogP contribution in [-0.2, 0) is 9.53 Å². The van der Waals surface area contributed by atoms with Crippen LogP contribution >= 0.6 is 0 Å². The summed E-state index contributed by atoms with van der Waals surface area (Å²) in [5.41, 5.74) is 2.88. The average molecular weight is 452 g/mol. The molecule has 4 heterocycles. The number of ether oxygens (including phenoxy) is 1. The summed E-state index contributed by atoms with van der Waals surface area (Å²) < 4.78 is 17.1. The first kappa shape index (κ1) is 23.1. The summed E-state index contributed by atoms with van der Waals surface area (Å²) in [7, 11) is 0. The molecule has 176 valence electrons. The normalized spacial score (nSPS) is 22.6. The van der Waals surface area contributed by atoms with E-state index < -0.39 is 0 Å². The van der Waals surface area contributed by atoms with Crippen LogP contribution in [0.2, 0.25) is 0 Å². The molecule has 0 bridgehead atoms. The van der Waals surface area contributed by atoms with Gasteiger partial charge in [-0.1, -0.05) is 6.92 Å². The molecule has 7 nitrogen and oxygen atoms in total. The predicted octanol–water partition coefficient (Wildman–Crippen LogP) is 5.09. The van der Waals surface area contributed by atoms with Gasteiger partial charge in [0.05, 0.1) is 12.3 Å². The third kappa shape index (κ3) is 4.98. The SMILES string of the molecule is CCCN1C/C(=C\c2ccc(C)o2)C2=NN(/C(C)=C\C(=O)OCC)C(c3ccc(C)o3)C2C1. The lowest BCUT2D eigenvalue weighted by Gasteiger charge is -2.35. The molecule has 2 aromatic heterocycles. The molecule has 4 rings (SSSR count). The van der Waals surface area contributed by atoms with E-state index in [0.29, 0.717) is 6.61 Å². The van der Waals surface area contributed by atoms with Gasteiger partial charge in [0.15, 0.2) is 0 Å². The van der Waals surface area contributed by atoms with E-state index in [0.717, 1.165) is 66.1 Å². The molecule has 7 heteroatoms. The number of aryl methyl sites for hydroxylation is 2. The Morgan fingerprint density at radius 3 is 2.58 bits per heavy atom. The van der Waals surface area contributed by atoms with E-state index in [1.54, 1.807) is 6.92 Å². The van der Waals surface area contributed by atoms with Gasteiger partial charge in [-0.2, -0.15) is 5.10 Å². The highest BCUT2D eigenvalue weighted by atomic mass is 16.5. The maximum Gasteiger partial charge on any atom is 0.332 e. The van der Waals surface area contributed by atoms with Crippen LogP contribution in [0.15, 0.2) is 55.5 Å². The second-order valence-corrected chi connectivity index (χ2v) is 8.72. The highest BCUT2D eigenvalue weighted by Crippen LogP contribution is 2.43. The van der Waals surface area contributed by atoms with Crippen molar-refractivity contribution >= 4 is 17.8 Å². The Bertz CT molecular complexity index is 1090. The zero-order valence-corrected chi connectivity index (χ0v) is 20.1. The fourth-order valence-electron chi connectivity index (χ4n) is 4.68. The van der Waals surface area contributed by atoms with Gasteiger partial charge in [-0.25, -0.2) is 4.79 Å². The number of nitrogens with zero attached hydrogens (tertiary/aromatic N) is 3. The Hall–Kier alpha value is -3.06. The molecule has 0 aromatic carbocycles. The number of rotatable bonds is 7. The number of piperidine rings is 1. The zero-order chi connectivity index (χ0) is 23.5. The lowest BCUT2D eigenvalue weighted by atomic mass is 9.85. The van der Waals surface area contributed by atoms with Crippen LogP contribution in [0.25, 0.3) is 6.08 Å². The average Bonchev–Trinajstić information content (AvgIpc) is 3.46. The lowest BCUT2D eigenvalue weighted by Crippen LogP contribution is -2.43. The smallest absolute Gasteiger partial charge is 0.332 e. The first-order valence-corrected chi connectivity index (χ1v) is 11.7. The number of furan rings is 2. The maximum atomic E-state index is 12.2. The highest BCUT2D eigenvalue weighted by Gasteiger charge is 2.45. The van der Waals surface area contributed by atoms with Crippen LogP contribution in [0.1, 0.15) is 56.3 Å². The second-order valence-electron chi connectivity index (χ2n) is 8.72. The number of fused-ring (bicyclic) bond motifs is 1. The van der Waals surface area contributed by atoms with Gasteiger partial charge in [-0.15, -0.1) is 0 Å². The molecule has 1 fully saturated rings. The molecule has 0 aliphatic carbocycles. The molecule has 0 radical (unpaired) electrons. The van der Waals surface area contributed by atoms with Gasteiger partial charge in [-0.05, 0) is 76.6 Å². The third-order valence-electron chi connectivity index (χ3n) is 6.03. The number of carbonyl (C=O) groups is 1. The van der Waals surface area contributed by atoms with Crippen LogP contribution in [0, 0.1) is 19.8 Å². The summed E-state index contributed by atoms with van der Waals surface area (Å²) in [5, 5.41) is 6.97. The molecule has 2 atom stereocenters. The Kier molecular flexibility index (Phi) is 6.88. The Balaban J connectivity index is 1.77. The van der Waals surface area contributed by atoms with Gasteiger partial charge in [0.2, 0.25) is 0 Å². The number of hydrogen-bond acceptors (Lipinski definition) is 7. The first-order chi connectivity index (χ1) is 15.9. The predicted molar refractivity (Wildman–Crippen MR) is 127 cm³/mol. The van der Waals surface area contributed by atoms with Crippen LogP contribution in [0.5, 0.6) is 0 Å². The molecular weight excluding hydrogens is 418 g/mol. The van der Waals surface area contributed by atoms with Crippen LogP contribution < -0.4 is 0 Å². The first-order valence-electron chi connectivity index (χ1n) is 11.7. The molecule has 2 unspecified atom stereocenters. The zero-order valence-electron chi connectivity index (χ0n) is 20.1. The summed E-state index contributed by atoms with van der Waals surface area (Å²) in [6, 6.07) is 7.81. The molecule has 2 aliphatic rings. The van der Waals surface area contributed by atoms with Gasteiger partial charge < -0.3 is 13.6 Å². The molecule has 0 saturated carbocycles. The summed E-state index contributed by atoms with van der Waals surface area (Å²) in [6.45, 7) is 12.8. The topological polar surface area (TPSA) is 71.4 Å². The van der Waals surface area contributed by atoms with Crippen molar-refractivity contribution in [1.82, 2.24) is 9.91 Å². The van der Waals surface area contributed by atoms with E-state index in [-0.39, 0.29) is 17.9 Å². The largest absolute Gasteiger partial charge is 0.464 e. The minimum atomic E-state index is -0.367. The Morgan fingerprint density at radius 2 is 1.94 bits per heavy atom. The van der Waals surface area contributed by atoms with E-state index in [4.69, 9.17) is 18.7 Å². The Morgan fingerprint density at radius 1 is 1.18 bits per heavy atom. The van der Waals surface area contributed by atoms with Crippen molar-refractivity contribution < 1.29 is 18.4 Å². The van der Waals surface area contributed by atoms with Crippen LogP contribution in [0.3, 0.4) is 0 Å². The van der Waals surface area contributed by atoms with Crippen LogP contribution in [-0.4, -0.2) is 47.8 Å². The number of hydrazone groups is 1. The lowest BCUT2D eigenvalue weighted by molar-refractivity contribution is -0.137. The highest BCUT2D eigenvalue weighted by molar-refractivity contribution is 6.07. The molecule has 2 aromatic rings. The molecule has 2 aliphatic heterocycles. The van der Waals surface area contributed by atoms with Crippen molar-refractivity contribution in [2.75, 3.05) is 26.2 Å². The summed E-state index contributed by atoms with van der Waals surface area (Å²) >= 11 is 0. The van der Waals surface area contributed by atoms with Gasteiger partial charge in [-0.3, -0.25) is 9.91 Å². The van der Waals surface area contributed by atoms with Crippen molar-refractivity contribution in [3.05, 3.63) is 64.7 Å². The number of likely N-dealkylation sites (tertiary alicyclic amines) is 1. The molecule has 0 spiro atoms. The van der Waals surface area contributed by atoms with E-state index in [1.807, 2.05) is 50.0 Å². The van der Waals surface area contributed by atoms with E-state index in [9.17, 15) is 4.79 Å². The van der Waals surface area contributed by atoms with Gasteiger partial charge in [0.25, 0.3) is 0 Å². The molecule has 1 saturated heterocycles. The van der Waals surface area contributed by atoms with Crippen molar-refractivity contribution in [1.29, 1.82) is 0 Å². The molecular formula is C26H33N3O4. The van der Waals surface area contributed by atoms with E-state index in [1.165, 1.54) is 6.08 Å². The van der Waals surface area contributed by atoms with Gasteiger partial charge in [0, 0.05) is 30.8 Å². The summed E-state index contributed by atoms with van der Waals surface area (Å²) in [4.78, 5) is 14.6. The second kappa shape index (κ2) is 9.83. The number of hydrogen-bond donors (Lipinski definition) is 0. The standard InChI is InChI=1S/C26H33N3O4/c1-6-12-28-15-20(14-21-10-8-18(4)32-21)25-22(16-28)26(23-11-9-19(5)33-23)29(27-25)17(3)13-24(30)31-7-2/h8-11,13-14,22,26H,6-7,12,15-16H2,1-5H3/b17-13-,20-14+. The van der Waals surface area contributed by atoms with E-state index >= 15 is 0 Å². The molecule has 0 N–H and O–H groups in total. The van der Waals surface area contributed by atoms with Crippen molar-refractivity contribution in [2.45, 2.75) is 47.1 Å². The maximum absolute atomic E-state index is 12.2. The van der Waals surface area contributed by atoms with Crippen molar-refractivity contribution in [3.8, 4) is 0 Å². The fourth-order valence-corrected chi connectivity index (χ4v) is 4.68. The van der Waals surface area contributed by atoms with E-state index in [2.05, 4.69) is 17.9 Å². The number of carbonyl (C=O) groups excluding carboxylic acids is 1. The van der Waals surface area contributed by atoms with Gasteiger partial charge >= 0.3 is 5.97 Å². The third-order valence-corrected chi connectivity index (χ3v) is 6.03. The Labute approximate surface area is 195 Å².